The van der Waals surface area contributed by atoms with Crippen LogP contribution in [0.25, 0.3) is 0 Å². The van der Waals surface area contributed by atoms with Gasteiger partial charge in [0.05, 0.1) is 16.0 Å². The van der Waals surface area contributed by atoms with Gasteiger partial charge in [-0.25, -0.2) is 18.0 Å². The van der Waals surface area contributed by atoms with Gasteiger partial charge in [-0.05, 0) is 18.2 Å². The maximum atomic E-state index is 11.3. The van der Waals surface area contributed by atoms with Crippen LogP contribution in [0.3, 0.4) is 0 Å². The van der Waals surface area contributed by atoms with Crippen molar-refractivity contribution in [2.45, 2.75) is 4.90 Å². The van der Waals surface area contributed by atoms with E-state index in [0.29, 0.717) is 0 Å². The first-order valence-corrected chi connectivity index (χ1v) is 5.60. The Morgan fingerprint density at radius 3 is 1.72 bits per heavy atom. The molecule has 0 amide bonds. The zero-order chi connectivity index (χ0) is 13.2. The second-order valence-electron chi connectivity index (χ2n) is 2.98. The van der Waals surface area contributed by atoms with E-state index in [9.17, 15) is 18.0 Å². The number of hydrogen-bond donors (Lipinski definition) is 4. The van der Waals surface area contributed by atoms with E-state index in [1.807, 2.05) is 0 Å². The van der Waals surface area contributed by atoms with Gasteiger partial charge in [0.15, 0.2) is 0 Å². The Morgan fingerprint density at radius 2 is 1.44 bits per heavy atom. The van der Waals surface area contributed by atoms with Gasteiger partial charge in [0.2, 0.25) is 0 Å². The predicted molar refractivity (Wildman–Crippen MR) is 62.0 cm³/mol. The molecule has 0 aliphatic heterocycles. The predicted octanol–water partition coefficient (Wildman–Crippen LogP) is -1.41. The van der Waals surface area contributed by atoms with E-state index in [1.165, 1.54) is 4.83 Å². The van der Waals surface area contributed by atoms with Crippen LogP contribution in [0.15, 0.2) is 23.1 Å². The van der Waals surface area contributed by atoms with Gasteiger partial charge in [0.25, 0.3) is 10.0 Å². The van der Waals surface area contributed by atoms with Crippen LogP contribution in [0.4, 0.5) is 0 Å². The number of carboxylic acids is 2. The molecule has 18 heavy (non-hydrogen) atoms. The van der Waals surface area contributed by atoms with Gasteiger partial charge in [0.1, 0.15) is 0 Å². The molecule has 1 rings (SSSR count). The number of rotatable bonds is 4. The summed E-state index contributed by atoms with van der Waals surface area (Å²) in [5, 5.41) is 17.4. The molecule has 1 aromatic carbocycles. The van der Waals surface area contributed by atoms with Gasteiger partial charge in [-0.15, -0.1) is 0 Å². The molecular weight excluding hydrogens is 275 g/mol. The van der Waals surface area contributed by atoms with E-state index in [-0.39, 0.29) is 29.6 Å². The van der Waals surface area contributed by atoms with Crippen molar-refractivity contribution in [3.05, 3.63) is 29.3 Å². The van der Waals surface area contributed by atoms with Crippen LogP contribution in [-0.2, 0) is 10.0 Å². The van der Waals surface area contributed by atoms with E-state index in [1.54, 1.807) is 0 Å². The Kier molecular flexibility index (Phi) is 5.93. The van der Waals surface area contributed by atoms with Crippen LogP contribution in [0.2, 0.25) is 0 Å². The summed E-state index contributed by atoms with van der Waals surface area (Å²) in [6.45, 7) is 0. The Labute approximate surface area is 124 Å². The Balaban J connectivity index is 0.00000289. The molecule has 0 aromatic heterocycles. The average molecular weight is 284 g/mol. The molecule has 0 saturated carbocycles. The van der Waals surface area contributed by atoms with Crippen LogP contribution in [-0.4, -0.2) is 60.1 Å². The fourth-order valence-electron chi connectivity index (χ4n) is 1.07. The van der Waals surface area contributed by atoms with Crippen molar-refractivity contribution < 1.29 is 28.2 Å². The monoisotopic (exact) mass is 284 g/mol. The topological polar surface area (TPSA) is 147 Å². The van der Waals surface area contributed by atoms with Crippen LogP contribution in [0.5, 0.6) is 0 Å². The first-order valence-electron chi connectivity index (χ1n) is 4.12. The third-order valence-corrected chi connectivity index (χ3v) is 3.03. The zero-order valence-corrected chi connectivity index (χ0v) is 9.06. The summed E-state index contributed by atoms with van der Waals surface area (Å²) in [7, 11) is -4.11. The third kappa shape index (κ3) is 3.77. The van der Waals surface area contributed by atoms with Gasteiger partial charge < -0.3 is 10.2 Å². The molecule has 0 aliphatic rings. The number of carboxylic acid groups (broad SMARTS) is 2. The number of hydrazine groups is 1. The van der Waals surface area contributed by atoms with E-state index >= 15 is 0 Å². The first kappa shape index (κ1) is 17.0. The van der Waals surface area contributed by atoms with E-state index < -0.39 is 38.0 Å². The molecule has 1 aromatic rings. The van der Waals surface area contributed by atoms with Crippen LogP contribution >= 0.6 is 0 Å². The van der Waals surface area contributed by atoms with Crippen molar-refractivity contribution in [1.82, 2.24) is 4.83 Å². The quantitative estimate of drug-likeness (QED) is 0.301. The Bertz CT molecular complexity index is 553. The van der Waals surface area contributed by atoms with Crippen molar-refractivity contribution in [2.75, 3.05) is 0 Å². The van der Waals surface area contributed by atoms with Crippen molar-refractivity contribution in [1.29, 1.82) is 0 Å². The third-order valence-electron chi connectivity index (χ3n) is 1.87. The summed E-state index contributed by atoms with van der Waals surface area (Å²) >= 11 is 0. The van der Waals surface area contributed by atoms with Gasteiger partial charge >= 0.3 is 41.5 Å². The van der Waals surface area contributed by atoms with Crippen LogP contribution in [0.1, 0.15) is 20.7 Å². The summed E-state index contributed by atoms with van der Waals surface area (Å²) in [5.74, 6) is 1.87. The van der Waals surface area contributed by atoms with Gasteiger partial charge in [0, 0.05) is 0 Å². The van der Waals surface area contributed by atoms with Crippen molar-refractivity contribution >= 4 is 51.5 Å². The number of aromatic carboxylic acids is 2. The molecule has 0 unspecified atom stereocenters. The van der Waals surface area contributed by atoms with Crippen LogP contribution < -0.4 is 10.7 Å². The Morgan fingerprint density at radius 1 is 1.06 bits per heavy atom. The number of carbonyl (C=O) groups is 2. The fourth-order valence-corrected chi connectivity index (χ4v) is 1.77. The standard InChI is InChI=1S/C8H8N2O6S.Na.H/c9-10-17(15,16)6-2-4(7(11)12)1-5(3-6)8(13)14;;/h1-3,10H,9H2,(H,11,12)(H,13,14);;. The SMILES string of the molecule is NNS(=O)(=O)c1cc(C(=O)O)cc(C(=O)O)c1.[NaH]. The number of nitrogens with two attached hydrogens (primary N) is 1. The zero-order valence-electron chi connectivity index (χ0n) is 8.25. The molecule has 0 spiro atoms. The normalized spacial score (nSPS) is 10.5. The molecular formula is C8H9N2NaO6S. The minimum atomic E-state index is -4.11. The molecule has 8 nitrogen and oxygen atoms in total. The molecule has 0 bridgehead atoms. The van der Waals surface area contributed by atoms with Crippen molar-refractivity contribution in [2.24, 2.45) is 5.84 Å². The first-order chi connectivity index (χ1) is 7.77. The number of nitrogens with one attached hydrogen (secondary N) is 1. The number of sulfonamides is 1. The molecule has 0 fully saturated rings. The van der Waals surface area contributed by atoms with Gasteiger partial charge in [-0.1, -0.05) is 0 Å². The Hall–Kier alpha value is -0.970. The summed E-state index contributed by atoms with van der Waals surface area (Å²) in [6.07, 6.45) is 0. The summed E-state index contributed by atoms with van der Waals surface area (Å²) in [5.41, 5.74) is -0.919. The maximum absolute atomic E-state index is 11.3. The average Bonchev–Trinajstić information content (AvgIpc) is 2.28. The molecule has 10 heteroatoms. The summed E-state index contributed by atoms with van der Waals surface area (Å²) in [4.78, 5) is 22.4. The molecule has 0 aliphatic carbocycles. The summed E-state index contributed by atoms with van der Waals surface area (Å²) < 4.78 is 22.7. The second-order valence-corrected chi connectivity index (χ2v) is 4.69. The van der Waals surface area contributed by atoms with Gasteiger partial charge in [-0.2, -0.15) is 4.83 Å². The fraction of sp³-hybridized carbons (Fsp3) is 0. The van der Waals surface area contributed by atoms with Crippen LogP contribution in [0, 0.1) is 0 Å². The van der Waals surface area contributed by atoms with E-state index in [0.717, 1.165) is 18.2 Å². The number of hydrogen-bond acceptors (Lipinski definition) is 5. The van der Waals surface area contributed by atoms with Crippen molar-refractivity contribution in [3.63, 3.8) is 0 Å². The van der Waals surface area contributed by atoms with Gasteiger partial charge in [-0.3, -0.25) is 5.84 Å². The molecule has 94 valence electrons. The second kappa shape index (κ2) is 6.27. The van der Waals surface area contributed by atoms with E-state index in [4.69, 9.17) is 16.1 Å². The van der Waals surface area contributed by atoms with E-state index in [2.05, 4.69) is 0 Å². The molecule has 0 atom stereocenters. The molecule has 0 saturated heterocycles. The molecule has 0 radical (unpaired) electrons. The molecule has 0 heterocycles. The minimum absolute atomic E-state index is 0. The number of benzene rings is 1. The summed E-state index contributed by atoms with van der Waals surface area (Å²) in [6, 6.07) is 2.47. The van der Waals surface area contributed by atoms with Crippen molar-refractivity contribution in [3.8, 4) is 0 Å². The molecule has 5 N–H and O–H groups in total.